The molecule has 1 aromatic carbocycles. The fraction of sp³-hybridized carbons (Fsp3) is 0.474. The van der Waals surface area contributed by atoms with Gasteiger partial charge in [-0.1, -0.05) is 37.7 Å². The zero-order chi connectivity index (χ0) is 19.6. The number of nitrogens with zero attached hydrogens (tertiary/aromatic N) is 2. The molecule has 2 aromatic rings. The van der Waals surface area contributed by atoms with Crippen LogP contribution in [0.5, 0.6) is 0 Å². The van der Waals surface area contributed by atoms with Crippen LogP contribution in [0.25, 0.3) is 5.69 Å². The summed E-state index contributed by atoms with van der Waals surface area (Å²) >= 11 is 1.36. The van der Waals surface area contributed by atoms with E-state index in [0.717, 1.165) is 10.8 Å². The second kappa shape index (κ2) is 8.06. The zero-order valence-electron chi connectivity index (χ0n) is 15.8. The van der Waals surface area contributed by atoms with E-state index in [4.69, 9.17) is 0 Å². The van der Waals surface area contributed by atoms with E-state index < -0.39 is 9.84 Å². The monoisotopic (exact) mass is 407 g/mol. The number of carbonyl (C=O) groups is 1. The number of benzene rings is 1. The number of imidazole rings is 1. The van der Waals surface area contributed by atoms with Crippen LogP contribution in [0.15, 0.2) is 41.8 Å². The highest BCUT2D eigenvalue weighted by molar-refractivity contribution is 8.00. The van der Waals surface area contributed by atoms with Gasteiger partial charge < -0.3 is 5.32 Å². The summed E-state index contributed by atoms with van der Waals surface area (Å²) < 4.78 is 25.0. The summed E-state index contributed by atoms with van der Waals surface area (Å²) in [6.07, 6.45) is 4.08. The van der Waals surface area contributed by atoms with E-state index in [1.165, 1.54) is 17.3 Å². The molecule has 1 aromatic heterocycles. The Hall–Kier alpha value is -1.80. The highest BCUT2D eigenvalue weighted by Crippen LogP contribution is 2.26. The van der Waals surface area contributed by atoms with Gasteiger partial charge in [-0.3, -0.25) is 9.36 Å². The largest absolute Gasteiger partial charge is 0.351 e. The van der Waals surface area contributed by atoms with Gasteiger partial charge in [0.2, 0.25) is 5.91 Å². The molecule has 0 radical (unpaired) electrons. The third-order valence-corrected chi connectivity index (χ3v) is 7.52. The van der Waals surface area contributed by atoms with Gasteiger partial charge in [-0.15, -0.1) is 0 Å². The van der Waals surface area contributed by atoms with Gasteiger partial charge in [0.05, 0.1) is 16.8 Å². The first-order valence-corrected chi connectivity index (χ1v) is 11.8. The first kappa shape index (κ1) is 19.9. The fourth-order valence-electron chi connectivity index (χ4n) is 3.03. The van der Waals surface area contributed by atoms with E-state index in [2.05, 4.69) is 48.4 Å². The minimum absolute atomic E-state index is 0.0347. The van der Waals surface area contributed by atoms with Crippen molar-refractivity contribution in [3.63, 3.8) is 0 Å². The van der Waals surface area contributed by atoms with E-state index in [1.54, 1.807) is 6.20 Å². The molecule has 0 spiro atoms. The third-order valence-electron chi connectivity index (χ3n) is 4.67. The lowest BCUT2D eigenvalue weighted by atomic mass is 10.0. The topological polar surface area (TPSA) is 81.1 Å². The van der Waals surface area contributed by atoms with Crippen LogP contribution in [0.1, 0.15) is 38.7 Å². The smallest absolute Gasteiger partial charge is 0.233 e. The summed E-state index contributed by atoms with van der Waals surface area (Å²) in [6, 6.07) is 8.02. The van der Waals surface area contributed by atoms with Crippen molar-refractivity contribution in [1.82, 2.24) is 14.9 Å². The number of rotatable bonds is 6. The first-order chi connectivity index (χ1) is 12.7. The molecule has 8 heteroatoms. The van der Waals surface area contributed by atoms with Crippen LogP contribution >= 0.6 is 11.8 Å². The van der Waals surface area contributed by atoms with Gasteiger partial charge in [-0.2, -0.15) is 0 Å². The average Bonchev–Trinajstić information content (AvgIpc) is 3.20. The van der Waals surface area contributed by atoms with Gasteiger partial charge in [0.1, 0.15) is 0 Å². The van der Waals surface area contributed by atoms with E-state index in [1.807, 2.05) is 17.7 Å². The predicted octanol–water partition coefficient (Wildman–Crippen LogP) is 2.78. The van der Waals surface area contributed by atoms with Gasteiger partial charge >= 0.3 is 0 Å². The van der Waals surface area contributed by atoms with E-state index in [0.29, 0.717) is 12.3 Å². The summed E-state index contributed by atoms with van der Waals surface area (Å²) in [5.74, 6) is 0.494. The Balaban J connectivity index is 1.66. The first-order valence-electron chi connectivity index (χ1n) is 9.06. The number of sulfone groups is 1. The van der Waals surface area contributed by atoms with E-state index in [9.17, 15) is 13.2 Å². The second-order valence-corrected chi connectivity index (χ2v) is 10.7. The number of aromatic nitrogens is 2. The van der Waals surface area contributed by atoms with Gasteiger partial charge in [-0.05, 0) is 37.0 Å². The van der Waals surface area contributed by atoms with E-state index in [-0.39, 0.29) is 28.7 Å². The lowest BCUT2D eigenvalue weighted by Gasteiger charge is -2.16. The predicted molar refractivity (Wildman–Crippen MR) is 108 cm³/mol. The molecule has 2 atom stereocenters. The standard InChI is InChI=1S/C19H25N3O3S2/c1-13(2)15-4-6-17(7-5-15)22-10-9-20-19(22)26-14(3)18(23)21-16-8-11-27(24,25)12-16/h4-7,9-10,13-14,16H,8,11-12H2,1-3H3,(H,21,23)/t14-,16+/m1/s1. The van der Waals surface area contributed by atoms with Crippen molar-refractivity contribution in [2.45, 2.75) is 49.6 Å². The molecule has 0 unspecified atom stereocenters. The summed E-state index contributed by atoms with van der Waals surface area (Å²) in [7, 11) is -3.01. The maximum absolute atomic E-state index is 12.4. The lowest BCUT2D eigenvalue weighted by Crippen LogP contribution is -2.40. The van der Waals surface area contributed by atoms with Crippen LogP contribution in [-0.2, 0) is 14.6 Å². The molecule has 0 saturated carbocycles. The number of hydrogen-bond acceptors (Lipinski definition) is 5. The van der Waals surface area contributed by atoms with Crippen molar-refractivity contribution in [3.05, 3.63) is 42.2 Å². The Kier molecular flexibility index (Phi) is 5.95. The van der Waals surface area contributed by atoms with Crippen molar-refractivity contribution < 1.29 is 13.2 Å². The van der Waals surface area contributed by atoms with Crippen molar-refractivity contribution in [2.24, 2.45) is 0 Å². The molecular formula is C19H25N3O3S2. The van der Waals surface area contributed by atoms with Crippen molar-refractivity contribution >= 4 is 27.5 Å². The molecule has 2 heterocycles. The molecule has 146 valence electrons. The minimum atomic E-state index is -3.01. The molecule has 27 heavy (non-hydrogen) atoms. The van der Waals surface area contributed by atoms with Gasteiger partial charge in [0.25, 0.3) is 0 Å². The Morgan fingerprint density at radius 2 is 1.96 bits per heavy atom. The van der Waals surface area contributed by atoms with E-state index >= 15 is 0 Å². The van der Waals surface area contributed by atoms with Crippen molar-refractivity contribution in [2.75, 3.05) is 11.5 Å². The number of thioether (sulfide) groups is 1. The van der Waals surface area contributed by atoms with Crippen LogP contribution in [-0.4, -0.2) is 46.7 Å². The highest BCUT2D eigenvalue weighted by Gasteiger charge is 2.30. The molecule has 1 saturated heterocycles. The van der Waals surface area contributed by atoms with Gasteiger partial charge in [0, 0.05) is 24.1 Å². The summed E-state index contributed by atoms with van der Waals surface area (Å²) in [6.45, 7) is 6.12. The van der Waals surface area contributed by atoms with Gasteiger partial charge in [-0.25, -0.2) is 13.4 Å². The Labute approximate surface area is 164 Å². The molecular weight excluding hydrogens is 382 g/mol. The van der Waals surface area contributed by atoms with Crippen molar-refractivity contribution in [3.8, 4) is 5.69 Å². The summed E-state index contributed by atoms with van der Waals surface area (Å²) in [5, 5.41) is 3.21. The van der Waals surface area contributed by atoms with Crippen LogP contribution in [0, 0.1) is 0 Å². The average molecular weight is 408 g/mol. The molecule has 1 N–H and O–H groups in total. The molecule has 1 aliphatic heterocycles. The van der Waals surface area contributed by atoms with Crippen molar-refractivity contribution in [1.29, 1.82) is 0 Å². The van der Waals surface area contributed by atoms with Crippen LogP contribution < -0.4 is 5.32 Å². The second-order valence-electron chi connectivity index (χ2n) is 7.19. The maximum Gasteiger partial charge on any atom is 0.233 e. The number of carbonyl (C=O) groups excluding carboxylic acids is 1. The molecule has 6 nitrogen and oxygen atoms in total. The SMILES string of the molecule is CC(C)c1ccc(-n2ccnc2S[C@H](C)C(=O)N[C@H]2CCS(=O)(=O)C2)cc1. The summed E-state index contributed by atoms with van der Waals surface area (Å²) in [4.78, 5) is 16.8. The Morgan fingerprint density at radius 1 is 1.26 bits per heavy atom. The molecule has 1 fully saturated rings. The number of nitrogens with one attached hydrogen (secondary N) is 1. The molecule has 3 rings (SSSR count). The lowest BCUT2D eigenvalue weighted by molar-refractivity contribution is -0.120. The van der Waals surface area contributed by atoms with Crippen LogP contribution in [0.3, 0.4) is 0 Å². The van der Waals surface area contributed by atoms with Crippen LogP contribution in [0.4, 0.5) is 0 Å². The fourth-order valence-corrected chi connectivity index (χ4v) is 5.60. The summed E-state index contributed by atoms with van der Waals surface area (Å²) in [5.41, 5.74) is 2.27. The Bertz CT molecular complexity index is 905. The molecule has 0 bridgehead atoms. The molecule has 1 aliphatic rings. The quantitative estimate of drug-likeness (QED) is 0.745. The number of amides is 1. The molecule has 0 aliphatic carbocycles. The minimum Gasteiger partial charge on any atom is -0.351 e. The molecule has 1 amide bonds. The highest BCUT2D eigenvalue weighted by atomic mass is 32.2. The zero-order valence-corrected chi connectivity index (χ0v) is 17.4. The Morgan fingerprint density at radius 3 is 2.56 bits per heavy atom. The third kappa shape index (κ3) is 4.93. The van der Waals surface area contributed by atoms with Crippen LogP contribution in [0.2, 0.25) is 0 Å². The number of hydrogen-bond donors (Lipinski definition) is 1. The normalized spacial score (nSPS) is 19.9. The van der Waals surface area contributed by atoms with Gasteiger partial charge in [0.15, 0.2) is 15.0 Å². The maximum atomic E-state index is 12.4.